The summed E-state index contributed by atoms with van der Waals surface area (Å²) in [5, 5.41) is 0. The Kier molecular flexibility index (Phi) is 5.90. The van der Waals surface area contributed by atoms with Crippen LogP contribution in [0, 0.1) is 5.82 Å². The summed E-state index contributed by atoms with van der Waals surface area (Å²) in [6.45, 7) is 2.43. The smallest absolute Gasteiger partial charge is 0.261 e. The van der Waals surface area contributed by atoms with Crippen LogP contribution in [0.5, 0.6) is 0 Å². The molecule has 0 atom stereocenters. The summed E-state index contributed by atoms with van der Waals surface area (Å²) in [6.07, 6.45) is 0. The highest BCUT2D eigenvalue weighted by Gasteiger charge is 2.22. The third-order valence-electron chi connectivity index (χ3n) is 5.20. The second-order valence-electron chi connectivity index (χ2n) is 7.25. The molecule has 0 radical (unpaired) electrons. The van der Waals surface area contributed by atoms with Gasteiger partial charge in [0.05, 0.1) is 4.90 Å². The zero-order valence-corrected chi connectivity index (χ0v) is 17.6. The van der Waals surface area contributed by atoms with E-state index in [1.807, 2.05) is 0 Å². The Balaban J connectivity index is 1.37. The number of nitrogens with one attached hydrogen (secondary N) is 1. The van der Waals surface area contributed by atoms with E-state index in [-0.39, 0.29) is 16.6 Å². The second kappa shape index (κ2) is 8.77. The molecule has 1 N–H and O–H groups in total. The maximum Gasteiger partial charge on any atom is 0.261 e. The summed E-state index contributed by atoms with van der Waals surface area (Å²) in [5.41, 5.74) is 1.82. The molecule has 1 fully saturated rings. The Hall–Kier alpha value is -3.39. The first-order valence-electron chi connectivity index (χ1n) is 9.90. The van der Waals surface area contributed by atoms with Crippen molar-refractivity contribution in [2.24, 2.45) is 0 Å². The number of piperazine rings is 1. The van der Waals surface area contributed by atoms with Gasteiger partial charge < -0.3 is 9.80 Å². The molecule has 6 nitrogen and oxygen atoms in total. The maximum atomic E-state index is 13.1. The molecule has 3 aromatic rings. The topological polar surface area (TPSA) is 69.7 Å². The quantitative estimate of drug-likeness (QED) is 0.660. The van der Waals surface area contributed by atoms with Gasteiger partial charge in [-0.25, -0.2) is 12.8 Å². The molecule has 8 heteroatoms. The molecule has 0 unspecified atom stereocenters. The fourth-order valence-electron chi connectivity index (χ4n) is 3.50. The first-order valence-corrected chi connectivity index (χ1v) is 11.4. The molecule has 3 aromatic carbocycles. The van der Waals surface area contributed by atoms with Gasteiger partial charge in [-0.05, 0) is 60.7 Å². The Morgan fingerprint density at radius 1 is 0.806 bits per heavy atom. The molecule has 0 aromatic heterocycles. The van der Waals surface area contributed by atoms with Crippen LogP contribution >= 0.6 is 0 Å². The van der Waals surface area contributed by atoms with Crippen LogP contribution < -0.4 is 9.62 Å². The summed E-state index contributed by atoms with van der Waals surface area (Å²) in [6, 6.07) is 20.9. The number of rotatable bonds is 5. The minimum Gasteiger partial charge on any atom is -0.368 e. The molecule has 1 saturated heterocycles. The third kappa shape index (κ3) is 4.86. The van der Waals surface area contributed by atoms with Gasteiger partial charge in [0.1, 0.15) is 5.82 Å². The van der Waals surface area contributed by atoms with E-state index >= 15 is 0 Å². The highest BCUT2D eigenvalue weighted by Crippen LogP contribution is 2.20. The van der Waals surface area contributed by atoms with Gasteiger partial charge in [-0.3, -0.25) is 9.52 Å². The molecule has 0 aliphatic carbocycles. The predicted molar refractivity (Wildman–Crippen MR) is 118 cm³/mol. The van der Waals surface area contributed by atoms with E-state index in [4.69, 9.17) is 0 Å². The molecular formula is C23H22FN3O3S. The zero-order chi connectivity index (χ0) is 21.8. The van der Waals surface area contributed by atoms with Crippen molar-refractivity contribution < 1.29 is 17.6 Å². The lowest BCUT2D eigenvalue weighted by Gasteiger charge is -2.36. The van der Waals surface area contributed by atoms with E-state index in [0.717, 1.165) is 5.69 Å². The Morgan fingerprint density at radius 3 is 2.03 bits per heavy atom. The molecule has 0 bridgehead atoms. The first kappa shape index (κ1) is 20.9. The van der Waals surface area contributed by atoms with Crippen molar-refractivity contribution in [1.82, 2.24) is 4.90 Å². The summed E-state index contributed by atoms with van der Waals surface area (Å²) in [5.74, 6) is -0.372. The number of nitrogens with zero attached hydrogens (tertiary/aromatic N) is 2. The number of hydrogen-bond acceptors (Lipinski definition) is 4. The van der Waals surface area contributed by atoms with Gasteiger partial charge in [0.15, 0.2) is 0 Å². The lowest BCUT2D eigenvalue weighted by molar-refractivity contribution is 0.0747. The number of anilines is 2. The van der Waals surface area contributed by atoms with Gasteiger partial charge in [0, 0.05) is 43.1 Å². The van der Waals surface area contributed by atoms with Gasteiger partial charge in [0.2, 0.25) is 0 Å². The van der Waals surface area contributed by atoms with E-state index < -0.39 is 10.0 Å². The van der Waals surface area contributed by atoms with Crippen LogP contribution in [0.15, 0.2) is 83.8 Å². The van der Waals surface area contributed by atoms with Crippen molar-refractivity contribution in [3.63, 3.8) is 0 Å². The monoisotopic (exact) mass is 439 g/mol. The molecule has 0 saturated carbocycles. The van der Waals surface area contributed by atoms with E-state index in [0.29, 0.717) is 37.4 Å². The Labute approximate surface area is 181 Å². The summed E-state index contributed by atoms with van der Waals surface area (Å²) in [7, 11) is -3.68. The largest absolute Gasteiger partial charge is 0.368 e. The van der Waals surface area contributed by atoms with Crippen LogP contribution in [0.2, 0.25) is 0 Å². The summed E-state index contributed by atoms with van der Waals surface area (Å²) >= 11 is 0. The fraction of sp³-hybridized carbons (Fsp3) is 0.174. The number of sulfonamides is 1. The number of halogens is 1. The molecule has 160 valence electrons. The Bertz CT molecular complexity index is 1140. The number of carbonyl (C=O) groups is 1. The second-order valence-corrected chi connectivity index (χ2v) is 8.93. The van der Waals surface area contributed by atoms with Crippen molar-refractivity contribution in [3.8, 4) is 0 Å². The van der Waals surface area contributed by atoms with Crippen LogP contribution in [0.4, 0.5) is 15.8 Å². The van der Waals surface area contributed by atoms with Crippen LogP contribution in [0.25, 0.3) is 0 Å². The minimum absolute atomic E-state index is 0.101. The number of benzene rings is 3. The van der Waals surface area contributed by atoms with Gasteiger partial charge >= 0.3 is 0 Å². The van der Waals surface area contributed by atoms with Crippen molar-refractivity contribution in [2.45, 2.75) is 4.90 Å². The number of amides is 1. The summed E-state index contributed by atoms with van der Waals surface area (Å²) in [4.78, 5) is 16.9. The van der Waals surface area contributed by atoms with Crippen molar-refractivity contribution in [2.75, 3.05) is 35.8 Å². The normalized spacial score (nSPS) is 14.4. The van der Waals surface area contributed by atoms with Crippen LogP contribution in [-0.2, 0) is 10.0 Å². The SMILES string of the molecule is O=C(c1ccc(NS(=O)(=O)c2ccccc2)cc1)N1CCN(c2ccc(F)cc2)CC1. The third-order valence-corrected chi connectivity index (χ3v) is 6.59. The molecule has 31 heavy (non-hydrogen) atoms. The van der Waals surface area contributed by atoms with E-state index in [1.165, 1.54) is 24.3 Å². The highest BCUT2D eigenvalue weighted by atomic mass is 32.2. The molecule has 1 aliphatic rings. The molecule has 1 amide bonds. The minimum atomic E-state index is -3.68. The van der Waals surface area contributed by atoms with Gasteiger partial charge in [-0.2, -0.15) is 0 Å². The van der Waals surface area contributed by atoms with E-state index in [9.17, 15) is 17.6 Å². The van der Waals surface area contributed by atoms with Crippen molar-refractivity contribution in [3.05, 3.63) is 90.2 Å². The van der Waals surface area contributed by atoms with Crippen LogP contribution in [0.3, 0.4) is 0 Å². The lowest BCUT2D eigenvalue weighted by Crippen LogP contribution is -2.48. The number of carbonyl (C=O) groups excluding carboxylic acids is 1. The van der Waals surface area contributed by atoms with Gasteiger partial charge in [-0.1, -0.05) is 18.2 Å². The van der Waals surface area contributed by atoms with Crippen LogP contribution in [-0.4, -0.2) is 45.4 Å². The molecule has 4 rings (SSSR count). The zero-order valence-electron chi connectivity index (χ0n) is 16.7. The summed E-state index contributed by atoms with van der Waals surface area (Å²) < 4.78 is 40.5. The predicted octanol–water partition coefficient (Wildman–Crippen LogP) is 3.59. The first-order chi connectivity index (χ1) is 14.9. The Morgan fingerprint density at radius 2 is 1.42 bits per heavy atom. The van der Waals surface area contributed by atoms with Crippen LogP contribution in [0.1, 0.15) is 10.4 Å². The molecule has 1 heterocycles. The van der Waals surface area contributed by atoms with Gasteiger partial charge in [0.25, 0.3) is 15.9 Å². The molecule has 0 spiro atoms. The number of hydrogen-bond donors (Lipinski definition) is 1. The average molecular weight is 440 g/mol. The van der Waals surface area contributed by atoms with E-state index in [1.54, 1.807) is 59.5 Å². The maximum absolute atomic E-state index is 13.1. The molecule has 1 aliphatic heterocycles. The van der Waals surface area contributed by atoms with Crippen molar-refractivity contribution in [1.29, 1.82) is 0 Å². The molecular weight excluding hydrogens is 417 g/mol. The van der Waals surface area contributed by atoms with Gasteiger partial charge in [-0.15, -0.1) is 0 Å². The highest BCUT2D eigenvalue weighted by molar-refractivity contribution is 7.92. The fourth-order valence-corrected chi connectivity index (χ4v) is 4.58. The average Bonchev–Trinajstić information content (AvgIpc) is 2.80. The lowest BCUT2D eigenvalue weighted by atomic mass is 10.1. The van der Waals surface area contributed by atoms with E-state index in [2.05, 4.69) is 9.62 Å². The van der Waals surface area contributed by atoms with Crippen molar-refractivity contribution >= 4 is 27.3 Å². The standard InChI is InChI=1S/C23H22FN3O3S/c24-19-8-12-21(13-9-19)26-14-16-27(17-15-26)23(28)18-6-10-20(11-7-18)25-31(29,30)22-4-2-1-3-5-22/h1-13,25H,14-17H2.